The Morgan fingerprint density at radius 1 is 1.03 bits per heavy atom. The van der Waals surface area contributed by atoms with Gasteiger partial charge in [0.15, 0.2) is 0 Å². The van der Waals surface area contributed by atoms with Gasteiger partial charge >= 0.3 is 0 Å². The molecule has 1 fully saturated rings. The summed E-state index contributed by atoms with van der Waals surface area (Å²) in [6.45, 7) is 0.903. The molecule has 2 aliphatic rings. The lowest BCUT2D eigenvalue weighted by molar-refractivity contribution is 0.0475. The second kappa shape index (κ2) is 10.4. The Labute approximate surface area is 223 Å². The topological polar surface area (TPSA) is 94.2 Å². The molecule has 3 aromatic rings. The van der Waals surface area contributed by atoms with Gasteiger partial charge in [-0.3, -0.25) is 19.3 Å². The molecule has 8 nitrogen and oxygen atoms in total. The third-order valence-corrected chi connectivity index (χ3v) is 6.66. The zero-order valence-corrected chi connectivity index (χ0v) is 21.3. The number of carbonyl (C=O) groups excluding carboxylic acids is 3. The third-order valence-electron chi connectivity index (χ3n) is 6.16. The minimum Gasteiger partial charge on any atom is -0.494 e. The molecule has 1 saturated heterocycles. The number of anilines is 1. The summed E-state index contributed by atoms with van der Waals surface area (Å²) in [4.78, 5) is 39.6. The predicted octanol–water partition coefficient (Wildman–Crippen LogP) is 5.82. The van der Waals surface area contributed by atoms with Gasteiger partial charge in [0.1, 0.15) is 17.2 Å². The lowest BCUT2D eigenvalue weighted by Crippen LogP contribution is -2.36. The highest BCUT2D eigenvalue weighted by molar-refractivity contribution is 6.36. The van der Waals surface area contributed by atoms with Crippen LogP contribution in [0.25, 0.3) is 0 Å². The van der Waals surface area contributed by atoms with Gasteiger partial charge in [-0.1, -0.05) is 23.2 Å². The van der Waals surface area contributed by atoms with Gasteiger partial charge in [0.05, 0.1) is 41.5 Å². The molecule has 0 aliphatic carbocycles. The van der Waals surface area contributed by atoms with Crippen molar-refractivity contribution in [1.82, 2.24) is 4.90 Å². The first-order valence-electron chi connectivity index (χ1n) is 11.6. The van der Waals surface area contributed by atoms with Gasteiger partial charge in [-0.15, -0.1) is 0 Å². The number of nitrogens with one attached hydrogen (secondary N) is 1. The number of rotatable bonds is 7. The molecule has 10 heteroatoms. The normalized spacial score (nSPS) is 16.6. The lowest BCUT2D eigenvalue weighted by Gasteiger charge is -2.17. The van der Waals surface area contributed by atoms with Crippen LogP contribution in [0.5, 0.6) is 17.2 Å². The van der Waals surface area contributed by atoms with Crippen molar-refractivity contribution >= 4 is 46.6 Å². The van der Waals surface area contributed by atoms with Crippen LogP contribution in [-0.4, -0.2) is 49.0 Å². The summed E-state index contributed by atoms with van der Waals surface area (Å²) in [7, 11) is 1.42. The molecule has 1 N–H and O–H groups in total. The molecule has 0 radical (unpaired) electrons. The van der Waals surface area contributed by atoms with Crippen LogP contribution in [0.2, 0.25) is 10.0 Å². The molecule has 3 amide bonds. The number of methoxy groups -OCH3 is 1. The van der Waals surface area contributed by atoms with Gasteiger partial charge < -0.3 is 19.5 Å². The average Bonchev–Trinajstić information content (AvgIpc) is 3.48. The minimum absolute atomic E-state index is 0.117. The van der Waals surface area contributed by atoms with Crippen molar-refractivity contribution in [3.05, 3.63) is 81.3 Å². The lowest BCUT2D eigenvalue weighted by atomic mass is 10.1. The number of imide groups is 1. The van der Waals surface area contributed by atoms with Crippen molar-refractivity contribution in [3.8, 4) is 17.2 Å². The summed E-state index contributed by atoms with van der Waals surface area (Å²) < 4.78 is 16.7. The van der Waals surface area contributed by atoms with Crippen molar-refractivity contribution in [2.75, 3.05) is 25.6 Å². The third kappa shape index (κ3) is 5.13. The maximum atomic E-state index is 12.9. The Morgan fingerprint density at radius 2 is 1.76 bits per heavy atom. The van der Waals surface area contributed by atoms with E-state index in [2.05, 4.69) is 5.32 Å². The smallest absolute Gasteiger partial charge is 0.261 e. The van der Waals surface area contributed by atoms with E-state index in [9.17, 15) is 14.4 Å². The number of hydrogen-bond acceptors (Lipinski definition) is 6. The maximum Gasteiger partial charge on any atom is 0.261 e. The number of halogens is 2. The Balaban J connectivity index is 1.26. The summed E-state index contributed by atoms with van der Waals surface area (Å²) in [5.74, 6) is 0.00497. The molecule has 0 spiro atoms. The molecule has 1 unspecified atom stereocenters. The summed E-state index contributed by atoms with van der Waals surface area (Å²) in [6.07, 6.45) is 1.64. The Hall–Kier alpha value is -3.59. The van der Waals surface area contributed by atoms with Gasteiger partial charge in [-0.2, -0.15) is 0 Å². The highest BCUT2D eigenvalue weighted by Crippen LogP contribution is 2.34. The zero-order valence-electron chi connectivity index (χ0n) is 19.8. The number of hydrogen-bond donors (Lipinski definition) is 1. The summed E-state index contributed by atoms with van der Waals surface area (Å²) in [5, 5.41) is 3.31. The van der Waals surface area contributed by atoms with Crippen LogP contribution in [0.4, 0.5) is 5.69 Å². The fourth-order valence-corrected chi connectivity index (χ4v) is 4.94. The monoisotopic (exact) mass is 540 g/mol. The molecule has 3 aromatic carbocycles. The predicted molar refractivity (Wildman–Crippen MR) is 138 cm³/mol. The fraction of sp³-hybridized carbons (Fsp3) is 0.222. The molecule has 2 heterocycles. The van der Waals surface area contributed by atoms with Crippen molar-refractivity contribution in [3.63, 3.8) is 0 Å². The minimum atomic E-state index is -0.440. The van der Waals surface area contributed by atoms with Crippen molar-refractivity contribution in [2.24, 2.45) is 0 Å². The number of carbonyl (C=O) groups is 3. The van der Waals surface area contributed by atoms with E-state index in [-0.39, 0.29) is 40.8 Å². The number of fused-ring (bicyclic) bond motifs is 1. The summed E-state index contributed by atoms with van der Waals surface area (Å²) in [5.41, 5.74) is 1.37. The van der Waals surface area contributed by atoms with E-state index >= 15 is 0 Å². The number of benzene rings is 3. The molecule has 5 rings (SSSR count). The number of amides is 3. The van der Waals surface area contributed by atoms with Crippen molar-refractivity contribution in [1.29, 1.82) is 0 Å². The summed E-state index contributed by atoms with van der Waals surface area (Å²) >= 11 is 12.2. The van der Waals surface area contributed by atoms with E-state index in [0.717, 1.165) is 12.8 Å². The van der Waals surface area contributed by atoms with E-state index in [4.69, 9.17) is 37.4 Å². The van der Waals surface area contributed by atoms with E-state index in [1.54, 1.807) is 42.5 Å². The highest BCUT2D eigenvalue weighted by atomic mass is 35.5. The van der Waals surface area contributed by atoms with Gasteiger partial charge in [-0.05, 0) is 67.4 Å². The van der Waals surface area contributed by atoms with Gasteiger partial charge in [0.25, 0.3) is 17.7 Å². The summed E-state index contributed by atoms with van der Waals surface area (Å²) in [6, 6.07) is 14.4. The van der Waals surface area contributed by atoms with E-state index in [0.29, 0.717) is 39.9 Å². The van der Waals surface area contributed by atoms with Gasteiger partial charge in [0, 0.05) is 17.3 Å². The molecule has 2 aliphatic heterocycles. The molecule has 0 aromatic heterocycles. The molecule has 1 atom stereocenters. The van der Waals surface area contributed by atoms with Crippen LogP contribution >= 0.6 is 23.2 Å². The number of nitrogens with zero attached hydrogens (tertiary/aromatic N) is 1. The second-order valence-corrected chi connectivity index (χ2v) is 9.46. The Kier molecular flexibility index (Phi) is 7.06. The average molecular weight is 541 g/mol. The molecular weight excluding hydrogens is 519 g/mol. The second-order valence-electron chi connectivity index (χ2n) is 8.61. The van der Waals surface area contributed by atoms with Crippen LogP contribution in [0, 0.1) is 0 Å². The molecular formula is C27H22Cl2N2O6. The molecule has 190 valence electrons. The van der Waals surface area contributed by atoms with E-state index in [1.807, 2.05) is 0 Å². The van der Waals surface area contributed by atoms with Crippen LogP contribution in [0.3, 0.4) is 0 Å². The quantitative estimate of drug-likeness (QED) is 0.379. The van der Waals surface area contributed by atoms with Crippen LogP contribution in [-0.2, 0) is 4.74 Å². The Morgan fingerprint density at radius 3 is 2.46 bits per heavy atom. The van der Waals surface area contributed by atoms with Crippen molar-refractivity contribution in [2.45, 2.75) is 18.9 Å². The Bertz CT molecular complexity index is 1390. The van der Waals surface area contributed by atoms with Crippen LogP contribution in [0.1, 0.15) is 43.9 Å². The first-order chi connectivity index (χ1) is 17.8. The standard InChI is InChI=1S/C27H22Cl2N2O6/c1-35-24-22(11-15(28)12-23(24)29)25(32)30-16-4-6-17(7-5-16)37-18-8-9-20-21(13-18)27(34)31(26(20)33)14-19-3-2-10-36-19/h4-9,11-13,19H,2-3,10,14H2,1H3,(H,30,32). The van der Waals surface area contributed by atoms with Gasteiger partial charge in [-0.25, -0.2) is 0 Å². The van der Waals surface area contributed by atoms with E-state index < -0.39 is 5.91 Å². The number of ether oxygens (including phenoxy) is 3. The maximum absolute atomic E-state index is 12.9. The first-order valence-corrected chi connectivity index (χ1v) is 12.3. The largest absolute Gasteiger partial charge is 0.494 e. The zero-order chi connectivity index (χ0) is 26.1. The molecule has 37 heavy (non-hydrogen) atoms. The molecule has 0 saturated carbocycles. The van der Waals surface area contributed by atoms with Crippen LogP contribution < -0.4 is 14.8 Å². The van der Waals surface area contributed by atoms with Crippen molar-refractivity contribution < 1.29 is 28.6 Å². The molecule has 0 bridgehead atoms. The van der Waals surface area contributed by atoms with E-state index in [1.165, 1.54) is 24.1 Å². The fourth-order valence-electron chi connectivity index (χ4n) is 4.37. The SMILES string of the molecule is COc1c(Cl)cc(Cl)cc1C(=O)Nc1ccc(Oc2ccc3c(c2)C(=O)N(CC2CCCO2)C3=O)cc1. The van der Waals surface area contributed by atoms with Gasteiger partial charge in [0.2, 0.25) is 0 Å². The highest BCUT2D eigenvalue weighted by Gasteiger charge is 2.37. The first kappa shape index (κ1) is 25.1. The van der Waals surface area contributed by atoms with Crippen LogP contribution in [0.15, 0.2) is 54.6 Å².